The fourth-order valence-corrected chi connectivity index (χ4v) is 2.02. The molecule has 4 nitrogen and oxygen atoms in total. The first-order valence-electron chi connectivity index (χ1n) is 5.85. The molecule has 0 spiro atoms. The van der Waals surface area contributed by atoms with Crippen molar-refractivity contribution >= 4 is 5.91 Å². The van der Waals surface area contributed by atoms with Crippen molar-refractivity contribution in [3.63, 3.8) is 0 Å². The van der Waals surface area contributed by atoms with Gasteiger partial charge < -0.3 is 11.1 Å². The second kappa shape index (κ2) is 6.08. The number of hydrogen-bond acceptors (Lipinski definition) is 3. The summed E-state index contributed by atoms with van der Waals surface area (Å²) in [6, 6.07) is 0.904. The fourth-order valence-electron chi connectivity index (χ4n) is 2.02. The highest BCUT2D eigenvalue weighted by Gasteiger charge is 2.19. The Hall–Kier alpha value is -0.610. The molecule has 0 aliphatic carbocycles. The maximum atomic E-state index is 10.9. The van der Waals surface area contributed by atoms with Crippen LogP contribution in [0.15, 0.2) is 0 Å². The summed E-state index contributed by atoms with van der Waals surface area (Å²) in [4.78, 5) is 13.1. The minimum absolute atomic E-state index is 0.237. The summed E-state index contributed by atoms with van der Waals surface area (Å²) in [5.41, 5.74) is 5.24. The molecule has 1 rings (SSSR count). The molecule has 1 atom stereocenters. The Morgan fingerprint density at radius 1 is 1.53 bits per heavy atom. The molecule has 1 amide bonds. The highest BCUT2D eigenvalue weighted by atomic mass is 16.1. The van der Waals surface area contributed by atoms with E-state index in [1.54, 1.807) is 0 Å². The second-order valence-electron chi connectivity index (χ2n) is 4.64. The molecule has 3 N–H and O–H groups in total. The van der Waals surface area contributed by atoms with E-state index in [0.29, 0.717) is 18.6 Å². The number of amides is 1. The highest BCUT2D eigenvalue weighted by molar-refractivity contribution is 5.75. The van der Waals surface area contributed by atoms with E-state index in [4.69, 9.17) is 5.73 Å². The van der Waals surface area contributed by atoms with Gasteiger partial charge in [-0.15, -0.1) is 0 Å². The lowest BCUT2D eigenvalue weighted by atomic mass is 10.0. The number of nitrogens with two attached hydrogens (primary N) is 1. The van der Waals surface area contributed by atoms with E-state index < -0.39 is 0 Å². The average molecular weight is 213 g/mol. The predicted molar refractivity (Wildman–Crippen MR) is 61.5 cm³/mol. The summed E-state index contributed by atoms with van der Waals surface area (Å²) in [6.45, 7) is 6.61. The average Bonchev–Trinajstić information content (AvgIpc) is 2.17. The maximum Gasteiger partial charge on any atom is 0.231 e. The summed E-state index contributed by atoms with van der Waals surface area (Å²) in [5.74, 6) is -0.237. The van der Waals surface area contributed by atoms with Gasteiger partial charge in [0.25, 0.3) is 0 Å². The molecule has 1 unspecified atom stereocenters. The number of primary amides is 1. The van der Waals surface area contributed by atoms with Crippen LogP contribution in [-0.4, -0.2) is 42.5 Å². The Labute approximate surface area is 92.2 Å². The Morgan fingerprint density at radius 3 is 2.73 bits per heavy atom. The molecule has 1 saturated heterocycles. The van der Waals surface area contributed by atoms with Gasteiger partial charge in [-0.05, 0) is 33.2 Å². The van der Waals surface area contributed by atoms with Gasteiger partial charge in [-0.2, -0.15) is 0 Å². The van der Waals surface area contributed by atoms with Crippen molar-refractivity contribution in [2.45, 2.75) is 45.2 Å². The summed E-state index contributed by atoms with van der Waals surface area (Å²) in [5, 5.41) is 3.48. The molecule has 0 aromatic heterocycles. The van der Waals surface area contributed by atoms with Crippen molar-refractivity contribution in [2.24, 2.45) is 5.73 Å². The van der Waals surface area contributed by atoms with Gasteiger partial charge in [-0.25, -0.2) is 0 Å². The quantitative estimate of drug-likeness (QED) is 0.691. The van der Waals surface area contributed by atoms with Gasteiger partial charge in [0.1, 0.15) is 0 Å². The van der Waals surface area contributed by atoms with Crippen LogP contribution in [0.25, 0.3) is 0 Å². The summed E-state index contributed by atoms with van der Waals surface area (Å²) >= 11 is 0. The molecule has 0 bridgehead atoms. The first-order valence-corrected chi connectivity index (χ1v) is 5.85. The smallest absolute Gasteiger partial charge is 0.231 e. The van der Waals surface area contributed by atoms with Crippen molar-refractivity contribution in [1.82, 2.24) is 10.2 Å². The Balaban J connectivity index is 2.38. The van der Waals surface area contributed by atoms with E-state index in [1.807, 2.05) is 0 Å². The molecule has 1 aliphatic rings. The van der Waals surface area contributed by atoms with Gasteiger partial charge in [-0.3, -0.25) is 9.69 Å². The maximum absolute atomic E-state index is 10.9. The van der Waals surface area contributed by atoms with Crippen LogP contribution in [0.4, 0.5) is 0 Å². The van der Waals surface area contributed by atoms with Gasteiger partial charge >= 0.3 is 0 Å². The van der Waals surface area contributed by atoms with E-state index in [9.17, 15) is 4.79 Å². The third-order valence-corrected chi connectivity index (χ3v) is 2.96. The van der Waals surface area contributed by atoms with E-state index >= 15 is 0 Å². The first kappa shape index (κ1) is 12.5. The minimum Gasteiger partial charge on any atom is -0.369 e. The van der Waals surface area contributed by atoms with E-state index in [1.165, 1.54) is 19.3 Å². The molecular weight excluding hydrogens is 190 g/mol. The van der Waals surface area contributed by atoms with Gasteiger partial charge in [0.2, 0.25) is 5.91 Å². The number of nitrogens with zero attached hydrogens (tertiary/aromatic N) is 1. The van der Waals surface area contributed by atoms with Crippen LogP contribution in [-0.2, 0) is 4.79 Å². The Bertz CT molecular complexity index is 200. The Kier molecular flexibility index (Phi) is 5.05. The molecule has 0 radical (unpaired) electrons. The lowest BCUT2D eigenvalue weighted by Crippen LogP contribution is -2.48. The third-order valence-electron chi connectivity index (χ3n) is 2.96. The summed E-state index contributed by atoms with van der Waals surface area (Å²) in [7, 11) is 0. The van der Waals surface area contributed by atoms with Gasteiger partial charge in [0.05, 0.1) is 6.54 Å². The zero-order chi connectivity index (χ0) is 11.3. The SMILES string of the molecule is CC(C)N(CC(N)=O)CC1CCCCN1. The largest absolute Gasteiger partial charge is 0.369 e. The zero-order valence-electron chi connectivity index (χ0n) is 9.83. The van der Waals surface area contributed by atoms with Crippen LogP contribution in [0.2, 0.25) is 0 Å². The number of hydrogen-bond donors (Lipinski definition) is 2. The van der Waals surface area contributed by atoms with Crippen molar-refractivity contribution in [2.75, 3.05) is 19.6 Å². The molecule has 1 heterocycles. The number of nitrogens with one attached hydrogen (secondary N) is 1. The molecule has 1 fully saturated rings. The number of carbonyl (C=O) groups excluding carboxylic acids is 1. The highest BCUT2D eigenvalue weighted by Crippen LogP contribution is 2.09. The van der Waals surface area contributed by atoms with Gasteiger partial charge in [-0.1, -0.05) is 6.42 Å². The standard InChI is InChI=1S/C11H23N3O/c1-9(2)14(8-11(12)15)7-10-5-3-4-6-13-10/h9-10,13H,3-8H2,1-2H3,(H2,12,15). The Morgan fingerprint density at radius 2 is 2.27 bits per heavy atom. The van der Waals surface area contributed by atoms with Crippen molar-refractivity contribution < 1.29 is 4.79 Å². The predicted octanol–water partition coefficient (Wildman–Crippen LogP) is 0.324. The molecule has 88 valence electrons. The van der Waals surface area contributed by atoms with Crippen LogP contribution >= 0.6 is 0 Å². The summed E-state index contributed by atoms with van der Waals surface area (Å²) < 4.78 is 0. The molecule has 0 aromatic carbocycles. The van der Waals surface area contributed by atoms with Crippen LogP contribution in [0.3, 0.4) is 0 Å². The topological polar surface area (TPSA) is 58.4 Å². The number of carbonyl (C=O) groups is 1. The van der Waals surface area contributed by atoms with Crippen LogP contribution in [0.1, 0.15) is 33.1 Å². The minimum atomic E-state index is -0.237. The van der Waals surface area contributed by atoms with E-state index in [0.717, 1.165) is 13.1 Å². The van der Waals surface area contributed by atoms with Crippen LogP contribution in [0, 0.1) is 0 Å². The van der Waals surface area contributed by atoms with Crippen molar-refractivity contribution in [1.29, 1.82) is 0 Å². The number of rotatable bonds is 5. The first-order chi connectivity index (χ1) is 7.09. The lowest BCUT2D eigenvalue weighted by molar-refractivity contribution is -0.119. The number of piperidine rings is 1. The van der Waals surface area contributed by atoms with Gasteiger partial charge in [0, 0.05) is 18.6 Å². The lowest BCUT2D eigenvalue weighted by Gasteiger charge is -2.32. The van der Waals surface area contributed by atoms with E-state index in [-0.39, 0.29) is 5.91 Å². The molecule has 4 heteroatoms. The molecule has 1 aliphatic heterocycles. The van der Waals surface area contributed by atoms with Crippen LogP contribution < -0.4 is 11.1 Å². The molecular formula is C11H23N3O. The van der Waals surface area contributed by atoms with Crippen molar-refractivity contribution in [3.8, 4) is 0 Å². The summed E-state index contributed by atoms with van der Waals surface area (Å²) in [6.07, 6.45) is 3.77. The zero-order valence-corrected chi connectivity index (χ0v) is 9.83. The molecule has 0 aromatic rings. The molecule has 0 saturated carbocycles. The van der Waals surface area contributed by atoms with Gasteiger partial charge in [0.15, 0.2) is 0 Å². The monoisotopic (exact) mass is 213 g/mol. The fraction of sp³-hybridized carbons (Fsp3) is 0.909. The van der Waals surface area contributed by atoms with Crippen molar-refractivity contribution in [3.05, 3.63) is 0 Å². The van der Waals surface area contributed by atoms with Crippen LogP contribution in [0.5, 0.6) is 0 Å². The second-order valence-corrected chi connectivity index (χ2v) is 4.64. The third kappa shape index (κ3) is 4.62. The molecule has 15 heavy (non-hydrogen) atoms. The normalized spacial score (nSPS) is 22.3. The van der Waals surface area contributed by atoms with E-state index in [2.05, 4.69) is 24.1 Å².